The first kappa shape index (κ1) is 14.7. The van der Waals surface area contributed by atoms with Crippen LogP contribution in [-0.2, 0) is 0 Å². The van der Waals surface area contributed by atoms with Crippen LogP contribution in [-0.4, -0.2) is 49.1 Å². The van der Waals surface area contributed by atoms with Gasteiger partial charge in [-0.1, -0.05) is 6.42 Å². The second-order valence-electron chi connectivity index (χ2n) is 5.39. The van der Waals surface area contributed by atoms with E-state index >= 15 is 0 Å². The van der Waals surface area contributed by atoms with Crippen molar-refractivity contribution in [3.63, 3.8) is 0 Å². The van der Waals surface area contributed by atoms with E-state index in [1.807, 2.05) is 7.05 Å². The van der Waals surface area contributed by atoms with Crippen molar-refractivity contribution in [2.24, 2.45) is 5.73 Å². The van der Waals surface area contributed by atoms with Crippen LogP contribution in [0.5, 0.6) is 5.75 Å². The predicted octanol–water partition coefficient (Wildman–Crippen LogP) is 1.41. The van der Waals surface area contributed by atoms with Crippen LogP contribution in [0.2, 0.25) is 0 Å². The summed E-state index contributed by atoms with van der Waals surface area (Å²) in [5, 5.41) is 9.59. The van der Waals surface area contributed by atoms with Gasteiger partial charge in [-0.3, -0.25) is 4.79 Å². The molecular formula is C15H23N3O2. The first-order valence-corrected chi connectivity index (χ1v) is 7.14. The van der Waals surface area contributed by atoms with Gasteiger partial charge in [0.25, 0.3) is 5.91 Å². The van der Waals surface area contributed by atoms with Gasteiger partial charge in [-0.05, 0) is 44.1 Å². The quantitative estimate of drug-likeness (QED) is 0.854. The number of hydrogen-bond donors (Lipinski definition) is 2. The summed E-state index contributed by atoms with van der Waals surface area (Å²) in [7, 11) is 1.99. The molecule has 0 bridgehead atoms. The number of phenols is 1. The third kappa shape index (κ3) is 3.63. The summed E-state index contributed by atoms with van der Waals surface area (Å²) < 4.78 is 0. The number of carbonyl (C=O) groups is 1. The van der Waals surface area contributed by atoms with Gasteiger partial charge in [0.05, 0.1) is 5.56 Å². The number of piperidine rings is 1. The Labute approximate surface area is 120 Å². The highest BCUT2D eigenvalue weighted by Crippen LogP contribution is 2.23. The zero-order valence-corrected chi connectivity index (χ0v) is 12.0. The molecule has 1 heterocycles. The number of benzene rings is 1. The number of nitrogens with two attached hydrogens (primary N) is 1. The van der Waals surface area contributed by atoms with Crippen molar-refractivity contribution in [2.75, 3.05) is 38.1 Å². The minimum atomic E-state index is -0.603. The first-order valence-electron chi connectivity index (χ1n) is 7.14. The number of primary amides is 1. The van der Waals surface area contributed by atoms with E-state index in [0.29, 0.717) is 0 Å². The Morgan fingerprint density at radius 3 is 2.70 bits per heavy atom. The molecular weight excluding hydrogens is 254 g/mol. The van der Waals surface area contributed by atoms with Crippen LogP contribution < -0.4 is 10.6 Å². The Hall–Kier alpha value is -1.75. The van der Waals surface area contributed by atoms with Crippen molar-refractivity contribution in [3.8, 4) is 5.75 Å². The number of likely N-dealkylation sites (tertiary alicyclic amines) is 1. The Bertz CT molecular complexity index is 470. The molecule has 0 radical (unpaired) electrons. The molecule has 110 valence electrons. The maximum absolute atomic E-state index is 11.2. The van der Waals surface area contributed by atoms with Crippen LogP contribution in [0.1, 0.15) is 29.6 Å². The molecule has 0 aromatic heterocycles. The summed E-state index contributed by atoms with van der Waals surface area (Å²) in [4.78, 5) is 15.8. The fourth-order valence-electron chi connectivity index (χ4n) is 2.56. The molecule has 1 aliphatic heterocycles. The smallest absolute Gasteiger partial charge is 0.252 e. The van der Waals surface area contributed by atoms with E-state index in [0.717, 1.165) is 18.8 Å². The number of rotatable bonds is 5. The summed E-state index contributed by atoms with van der Waals surface area (Å²) in [6.45, 7) is 4.26. The predicted molar refractivity (Wildman–Crippen MR) is 80.2 cm³/mol. The van der Waals surface area contributed by atoms with Crippen LogP contribution >= 0.6 is 0 Å². The van der Waals surface area contributed by atoms with Gasteiger partial charge in [-0.25, -0.2) is 0 Å². The molecule has 1 saturated heterocycles. The summed E-state index contributed by atoms with van der Waals surface area (Å²) in [5.74, 6) is -0.667. The standard InChI is InChI=1S/C15H23N3O2/c1-17(9-10-18-7-3-2-4-8-18)12-5-6-14(19)13(11-12)15(16)20/h5-6,11,19H,2-4,7-10H2,1H3,(H2,16,20). The van der Waals surface area contributed by atoms with Crippen molar-refractivity contribution in [3.05, 3.63) is 23.8 Å². The van der Waals surface area contributed by atoms with E-state index in [9.17, 15) is 9.90 Å². The van der Waals surface area contributed by atoms with Crippen molar-refractivity contribution in [1.82, 2.24) is 4.90 Å². The van der Waals surface area contributed by atoms with Gasteiger partial charge in [0.2, 0.25) is 0 Å². The Morgan fingerprint density at radius 2 is 2.05 bits per heavy atom. The lowest BCUT2D eigenvalue weighted by molar-refractivity contribution is 0.0998. The Balaban J connectivity index is 1.96. The summed E-state index contributed by atoms with van der Waals surface area (Å²) in [5.41, 5.74) is 6.32. The molecule has 2 rings (SSSR count). The van der Waals surface area contributed by atoms with Crippen LogP contribution in [0.25, 0.3) is 0 Å². The monoisotopic (exact) mass is 277 g/mol. The van der Waals surface area contributed by atoms with E-state index in [4.69, 9.17) is 5.73 Å². The van der Waals surface area contributed by atoms with Crippen LogP contribution in [0.3, 0.4) is 0 Å². The first-order chi connectivity index (χ1) is 9.58. The third-order valence-electron chi connectivity index (χ3n) is 3.89. The van der Waals surface area contributed by atoms with E-state index in [1.54, 1.807) is 12.1 Å². The number of hydrogen-bond acceptors (Lipinski definition) is 4. The molecule has 0 unspecified atom stereocenters. The number of nitrogens with zero attached hydrogens (tertiary/aromatic N) is 2. The largest absolute Gasteiger partial charge is 0.507 e. The second-order valence-corrected chi connectivity index (χ2v) is 5.39. The molecule has 0 saturated carbocycles. The highest BCUT2D eigenvalue weighted by molar-refractivity contribution is 5.96. The van der Waals surface area contributed by atoms with Crippen molar-refractivity contribution < 1.29 is 9.90 Å². The fraction of sp³-hybridized carbons (Fsp3) is 0.533. The molecule has 1 aliphatic rings. The number of anilines is 1. The summed E-state index contributed by atoms with van der Waals surface area (Å²) in [6, 6.07) is 4.97. The normalized spacial score (nSPS) is 16.1. The maximum atomic E-state index is 11.2. The van der Waals surface area contributed by atoms with Gasteiger partial charge < -0.3 is 20.6 Å². The van der Waals surface area contributed by atoms with Gasteiger partial charge in [-0.15, -0.1) is 0 Å². The molecule has 5 heteroatoms. The van der Waals surface area contributed by atoms with Crippen LogP contribution in [0, 0.1) is 0 Å². The minimum absolute atomic E-state index is 0.0642. The third-order valence-corrected chi connectivity index (χ3v) is 3.89. The van der Waals surface area contributed by atoms with Crippen LogP contribution in [0.15, 0.2) is 18.2 Å². The fourth-order valence-corrected chi connectivity index (χ4v) is 2.56. The van der Waals surface area contributed by atoms with Gasteiger partial charge in [0.15, 0.2) is 0 Å². The lowest BCUT2D eigenvalue weighted by atomic mass is 10.1. The van der Waals surface area contributed by atoms with Gasteiger partial charge in [-0.2, -0.15) is 0 Å². The summed E-state index contributed by atoms with van der Waals surface area (Å²) >= 11 is 0. The second kappa shape index (κ2) is 6.61. The Kier molecular flexibility index (Phi) is 4.84. The molecule has 1 aromatic carbocycles. The van der Waals surface area contributed by atoms with Gasteiger partial charge >= 0.3 is 0 Å². The Morgan fingerprint density at radius 1 is 1.35 bits per heavy atom. The number of likely N-dealkylation sites (N-methyl/N-ethyl adjacent to an activating group) is 1. The molecule has 0 atom stereocenters. The molecule has 1 amide bonds. The van der Waals surface area contributed by atoms with Gasteiger partial charge in [0, 0.05) is 25.8 Å². The van der Waals surface area contributed by atoms with E-state index < -0.39 is 5.91 Å². The summed E-state index contributed by atoms with van der Waals surface area (Å²) in [6.07, 6.45) is 3.91. The lowest BCUT2D eigenvalue weighted by Crippen LogP contribution is -2.36. The molecule has 5 nitrogen and oxygen atoms in total. The SMILES string of the molecule is CN(CCN1CCCCC1)c1ccc(O)c(C(N)=O)c1. The lowest BCUT2D eigenvalue weighted by Gasteiger charge is -2.29. The van der Waals surface area contributed by atoms with Crippen molar-refractivity contribution >= 4 is 11.6 Å². The zero-order valence-electron chi connectivity index (χ0n) is 12.0. The van der Waals surface area contributed by atoms with E-state index in [2.05, 4.69) is 9.80 Å². The van der Waals surface area contributed by atoms with Crippen molar-refractivity contribution in [2.45, 2.75) is 19.3 Å². The highest BCUT2D eigenvalue weighted by Gasteiger charge is 2.13. The molecule has 0 aliphatic carbocycles. The van der Waals surface area contributed by atoms with Crippen molar-refractivity contribution in [1.29, 1.82) is 0 Å². The number of carbonyl (C=O) groups excluding carboxylic acids is 1. The minimum Gasteiger partial charge on any atom is -0.507 e. The van der Waals surface area contributed by atoms with Gasteiger partial charge in [0.1, 0.15) is 5.75 Å². The molecule has 3 N–H and O–H groups in total. The topological polar surface area (TPSA) is 69.8 Å². The molecule has 1 fully saturated rings. The van der Waals surface area contributed by atoms with E-state index in [1.165, 1.54) is 38.4 Å². The maximum Gasteiger partial charge on any atom is 0.252 e. The average Bonchev–Trinajstić information content (AvgIpc) is 2.46. The van der Waals surface area contributed by atoms with Crippen LogP contribution in [0.4, 0.5) is 5.69 Å². The number of amides is 1. The molecule has 20 heavy (non-hydrogen) atoms. The average molecular weight is 277 g/mol. The zero-order chi connectivity index (χ0) is 14.5. The molecule has 0 spiro atoms. The highest BCUT2D eigenvalue weighted by atomic mass is 16.3. The molecule has 1 aromatic rings. The van der Waals surface area contributed by atoms with E-state index in [-0.39, 0.29) is 11.3 Å². The number of aromatic hydroxyl groups is 1.